The molecule has 186 valence electrons. The summed E-state index contributed by atoms with van der Waals surface area (Å²) in [6.07, 6.45) is 3.40. The fourth-order valence-corrected chi connectivity index (χ4v) is 4.06. The van der Waals surface area contributed by atoms with Gasteiger partial charge in [0.25, 0.3) is 10.1 Å². The second kappa shape index (κ2) is 12.2. The lowest BCUT2D eigenvalue weighted by Crippen LogP contribution is -2.31. The molecule has 0 amide bonds. The Kier molecular flexibility index (Phi) is 9.09. The summed E-state index contributed by atoms with van der Waals surface area (Å²) in [5.41, 5.74) is 1.63. The molecule has 0 saturated heterocycles. The Morgan fingerprint density at radius 1 is 0.943 bits per heavy atom. The Balaban J connectivity index is 2.03. The Labute approximate surface area is 204 Å². The third kappa shape index (κ3) is 6.96. The molecule has 0 aliphatic carbocycles. The molecule has 3 aromatic rings. The molecule has 12 heteroatoms. The molecule has 0 bridgehead atoms. The number of allylic oxidation sites excluding steroid dienone is 1. The van der Waals surface area contributed by atoms with Crippen LogP contribution in [-0.4, -0.2) is 67.0 Å². The van der Waals surface area contributed by atoms with Gasteiger partial charge in [-0.1, -0.05) is 36.4 Å². The maximum atomic E-state index is 12.5. The van der Waals surface area contributed by atoms with E-state index in [1.807, 2.05) is 30.3 Å². The van der Waals surface area contributed by atoms with E-state index in [0.29, 0.717) is 11.3 Å². The maximum absolute atomic E-state index is 12.5. The van der Waals surface area contributed by atoms with E-state index in [-0.39, 0.29) is 49.0 Å². The number of para-hydroxylation sites is 1. The predicted octanol–water partition coefficient (Wildman–Crippen LogP) is 2.52. The molecule has 1 aromatic heterocycles. The van der Waals surface area contributed by atoms with Crippen LogP contribution < -0.4 is 15.5 Å². The van der Waals surface area contributed by atoms with Crippen molar-refractivity contribution < 1.29 is 22.8 Å². The van der Waals surface area contributed by atoms with Crippen LogP contribution in [0.4, 0.5) is 29.2 Å². The molecule has 1 heterocycles. The third-order valence-electron chi connectivity index (χ3n) is 4.78. The van der Waals surface area contributed by atoms with Crippen LogP contribution in [0.3, 0.4) is 0 Å². The van der Waals surface area contributed by atoms with Crippen LogP contribution in [-0.2, 0) is 14.3 Å². The zero-order chi connectivity index (χ0) is 25.3. The standard InChI is InChI=1S/C23H28N6O5S/c1-3-7-17-10-11-19(16-20(17)35(32,33)34-2)25-22-26-21(24-18-8-5-4-6-9-18)27-23(28-22)29(12-14-30)13-15-31/h3-11,16,30-31H,12-15H2,1-2H3,(H2,24,25,26,27,28). The number of rotatable bonds is 12. The average molecular weight is 501 g/mol. The van der Waals surface area contributed by atoms with Crippen molar-refractivity contribution in [2.24, 2.45) is 0 Å². The Morgan fingerprint density at radius 2 is 1.57 bits per heavy atom. The quantitative estimate of drug-likeness (QED) is 0.272. The summed E-state index contributed by atoms with van der Waals surface area (Å²) in [5.74, 6) is 0.577. The summed E-state index contributed by atoms with van der Waals surface area (Å²) in [4.78, 5) is 14.8. The van der Waals surface area contributed by atoms with Crippen molar-refractivity contribution in [2.45, 2.75) is 11.8 Å². The number of nitrogens with zero attached hydrogens (tertiary/aromatic N) is 4. The van der Waals surface area contributed by atoms with E-state index in [4.69, 9.17) is 4.18 Å². The number of hydrogen-bond donors (Lipinski definition) is 4. The Hall–Kier alpha value is -3.58. The summed E-state index contributed by atoms with van der Waals surface area (Å²) < 4.78 is 29.6. The van der Waals surface area contributed by atoms with Gasteiger partial charge in [0.15, 0.2) is 0 Å². The van der Waals surface area contributed by atoms with Crippen LogP contribution in [0.2, 0.25) is 0 Å². The highest BCUT2D eigenvalue weighted by molar-refractivity contribution is 7.86. The number of aliphatic hydroxyl groups is 2. The van der Waals surface area contributed by atoms with E-state index < -0.39 is 10.1 Å². The molecule has 0 atom stereocenters. The highest BCUT2D eigenvalue weighted by Gasteiger charge is 2.19. The van der Waals surface area contributed by atoms with E-state index in [1.165, 1.54) is 6.07 Å². The van der Waals surface area contributed by atoms with Gasteiger partial charge in [0.05, 0.1) is 20.3 Å². The van der Waals surface area contributed by atoms with Gasteiger partial charge >= 0.3 is 0 Å². The summed E-state index contributed by atoms with van der Waals surface area (Å²) in [7, 11) is -2.87. The van der Waals surface area contributed by atoms with Crippen LogP contribution in [0.25, 0.3) is 6.08 Å². The first-order chi connectivity index (χ1) is 16.9. The number of hydrogen-bond acceptors (Lipinski definition) is 11. The van der Waals surface area contributed by atoms with Crippen molar-refractivity contribution in [3.05, 3.63) is 60.2 Å². The lowest BCUT2D eigenvalue weighted by atomic mass is 10.2. The fourth-order valence-electron chi connectivity index (χ4n) is 3.19. The van der Waals surface area contributed by atoms with Crippen molar-refractivity contribution >= 4 is 45.4 Å². The second-order valence-corrected chi connectivity index (χ2v) is 8.89. The first-order valence-corrected chi connectivity index (χ1v) is 12.2. The molecule has 0 aliphatic rings. The van der Waals surface area contributed by atoms with Gasteiger partial charge in [-0.05, 0) is 36.8 Å². The van der Waals surface area contributed by atoms with Crippen LogP contribution in [0, 0.1) is 0 Å². The third-order valence-corrected chi connectivity index (χ3v) is 6.11. The van der Waals surface area contributed by atoms with Gasteiger partial charge in [-0.2, -0.15) is 23.4 Å². The molecule has 4 N–H and O–H groups in total. The molecule has 2 aromatic carbocycles. The number of aromatic nitrogens is 3. The van der Waals surface area contributed by atoms with E-state index in [0.717, 1.165) is 12.8 Å². The Bertz CT molecular complexity index is 1250. The second-order valence-electron chi connectivity index (χ2n) is 7.21. The Morgan fingerprint density at radius 3 is 2.14 bits per heavy atom. The van der Waals surface area contributed by atoms with E-state index in [1.54, 1.807) is 36.1 Å². The summed E-state index contributed by atoms with van der Waals surface area (Å²) in [6.45, 7) is 1.85. The summed E-state index contributed by atoms with van der Waals surface area (Å²) in [5, 5.41) is 25.0. The number of benzene rings is 2. The lowest BCUT2D eigenvalue weighted by Gasteiger charge is -2.21. The van der Waals surface area contributed by atoms with Crippen LogP contribution in [0.15, 0.2) is 59.5 Å². The topological polar surface area (TPSA) is 150 Å². The van der Waals surface area contributed by atoms with Crippen LogP contribution in [0.5, 0.6) is 0 Å². The average Bonchev–Trinajstić information content (AvgIpc) is 2.85. The van der Waals surface area contributed by atoms with Gasteiger partial charge in [0.1, 0.15) is 4.90 Å². The molecule has 0 saturated carbocycles. The summed E-state index contributed by atoms with van der Waals surface area (Å²) >= 11 is 0. The molecular weight excluding hydrogens is 472 g/mol. The highest BCUT2D eigenvalue weighted by Crippen LogP contribution is 2.26. The first-order valence-electron chi connectivity index (χ1n) is 10.8. The zero-order valence-electron chi connectivity index (χ0n) is 19.4. The normalized spacial score (nSPS) is 11.5. The van der Waals surface area contributed by atoms with Crippen molar-refractivity contribution in [2.75, 3.05) is 48.9 Å². The van der Waals surface area contributed by atoms with Gasteiger partial charge in [0.2, 0.25) is 17.8 Å². The predicted molar refractivity (Wildman–Crippen MR) is 135 cm³/mol. The molecule has 0 radical (unpaired) electrons. The molecule has 0 unspecified atom stereocenters. The van der Waals surface area contributed by atoms with Gasteiger partial charge < -0.3 is 25.7 Å². The largest absolute Gasteiger partial charge is 0.395 e. The number of nitrogens with one attached hydrogen (secondary N) is 2. The molecule has 0 spiro atoms. The zero-order valence-corrected chi connectivity index (χ0v) is 20.2. The minimum Gasteiger partial charge on any atom is -0.395 e. The molecule has 0 fully saturated rings. The number of anilines is 5. The molecular formula is C23H28N6O5S. The van der Waals surface area contributed by atoms with Gasteiger partial charge in [-0.25, -0.2) is 0 Å². The minimum absolute atomic E-state index is 0.0119. The summed E-state index contributed by atoms with van der Waals surface area (Å²) in [6, 6.07) is 14.1. The molecule has 35 heavy (non-hydrogen) atoms. The van der Waals surface area contributed by atoms with Gasteiger partial charge in [-0.15, -0.1) is 0 Å². The molecule has 3 rings (SSSR count). The maximum Gasteiger partial charge on any atom is 0.297 e. The van der Waals surface area contributed by atoms with Crippen molar-refractivity contribution in [3.8, 4) is 0 Å². The number of aliphatic hydroxyl groups excluding tert-OH is 2. The monoisotopic (exact) mass is 500 g/mol. The van der Waals surface area contributed by atoms with Gasteiger partial charge in [0, 0.05) is 24.5 Å². The molecule has 11 nitrogen and oxygen atoms in total. The van der Waals surface area contributed by atoms with Crippen LogP contribution >= 0.6 is 0 Å². The van der Waals surface area contributed by atoms with Crippen molar-refractivity contribution in [1.82, 2.24) is 15.0 Å². The highest BCUT2D eigenvalue weighted by atomic mass is 32.2. The van der Waals surface area contributed by atoms with E-state index >= 15 is 0 Å². The lowest BCUT2D eigenvalue weighted by molar-refractivity contribution is 0.280. The van der Waals surface area contributed by atoms with Gasteiger partial charge in [-0.3, -0.25) is 4.18 Å². The smallest absolute Gasteiger partial charge is 0.297 e. The minimum atomic E-state index is -3.97. The van der Waals surface area contributed by atoms with Crippen molar-refractivity contribution in [1.29, 1.82) is 0 Å². The van der Waals surface area contributed by atoms with E-state index in [2.05, 4.69) is 25.6 Å². The van der Waals surface area contributed by atoms with E-state index in [9.17, 15) is 18.6 Å². The first kappa shape index (κ1) is 26.0. The molecule has 0 aliphatic heterocycles. The van der Waals surface area contributed by atoms with Crippen LogP contribution in [0.1, 0.15) is 12.5 Å². The fraction of sp³-hybridized carbons (Fsp3) is 0.261. The van der Waals surface area contributed by atoms with Crippen molar-refractivity contribution in [3.63, 3.8) is 0 Å². The SMILES string of the molecule is CC=Cc1ccc(Nc2nc(Nc3ccccc3)nc(N(CCO)CCO)n2)cc1S(=O)(=O)OC.